The number of carbonyl (C=O) groups excluding carboxylic acids is 3. The number of hydrogen-bond acceptors (Lipinski definition) is 29. The second kappa shape index (κ2) is 41.5. The number of nitrogens with one attached hydrogen (secondary N) is 1. The number of methoxy groups -OCH3 is 10. The van der Waals surface area contributed by atoms with Gasteiger partial charge in [0.25, 0.3) is 0 Å². The van der Waals surface area contributed by atoms with Crippen molar-refractivity contribution in [3.63, 3.8) is 0 Å². The lowest BCUT2D eigenvalue weighted by molar-refractivity contribution is -0.214. The van der Waals surface area contributed by atoms with Gasteiger partial charge in [0.1, 0.15) is 59.4 Å². The van der Waals surface area contributed by atoms with Crippen molar-refractivity contribution in [1.29, 1.82) is 0 Å². The molecule has 8 aromatic rings. The molecule has 2 aliphatic carbocycles. The van der Waals surface area contributed by atoms with Crippen LogP contribution in [0.5, 0.6) is 23.0 Å². The molecular weight excluding hydrogens is 1620 g/mol. The van der Waals surface area contributed by atoms with Crippen LogP contribution >= 0.6 is 11.6 Å². The number of alkyl halides is 2. The molecule has 7 N–H and O–H groups in total. The Bertz CT molecular complexity index is 5030. The van der Waals surface area contributed by atoms with Crippen LogP contribution in [-0.4, -0.2) is 214 Å². The first kappa shape index (κ1) is 94.2. The van der Waals surface area contributed by atoms with Gasteiger partial charge in [0, 0.05) is 96.8 Å². The van der Waals surface area contributed by atoms with Crippen LogP contribution < -0.4 is 47.2 Å². The van der Waals surface area contributed by atoms with E-state index in [1.54, 1.807) is 119 Å². The third-order valence-electron chi connectivity index (χ3n) is 24.3. The van der Waals surface area contributed by atoms with Crippen LogP contribution in [0.1, 0.15) is 175 Å². The molecule has 17 atom stereocenters. The van der Waals surface area contributed by atoms with E-state index in [1.807, 2.05) is 30.5 Å². The maximum absolute atomic E-state index is 14.2. The van der Waals surface area contributed by atoms with Gasteiger partial charge < -0.3 is 93.6 Å². The molecule has 32 nitrogen and oxygen atoms in total. The van der Waals surface area contributed by atoms with Gasteiger partial charge in [0.15, 0.2) is 58.4 Å². The number of hydrogen-bond donors (Lipinski definition) is 4. The maximum Gasteiger partial charge on any atom is 0.351 e. The fourth-order valence-electron chi connectivity index (χ4n) is 16.8. The van der Waals surface area contributed by atoms with E-state index in [9.17, 15) is 28.0 Å². The first-order chi connectivity index (χ1) is 58.9. The highest BCUT2D eigenvalue weighted by Gasteiger charge is 2.60. The lowest BCUT2D eigenvalue weighted by Crippen LogP contribution is -2.53. The molecule has 0 saturated carbocycles. The van der Waals surface area contributed by atoms with Crippen molar-refractivity contribution in [1.82, 2.24) is 38.6 Å². The lowest BCUT2D eigenvalue weighted by Gasteiger charge is -2.42. The van der Waals surface area contributed by atoms with Crippen LogP contribution in [0, 0.1) is 37.5 Å². The summed E-state index contributed by atoms with van der Waals surface area (Å²) in [5, 5.41) is 3.25. The van der Waals surface area contributed by atoms with E-state index in [4.69, 9.17) is 99.9 Å². The number of imidazole rings is 2. The van der Waals surface area contributed by atoms with Crippen molar-refractivity contribution < 1.29 is 94.2 Å². The average Bonchev–Trinajstić information content (AvgIpc) is 1.26. The van der Waals surface area contributed by atoms with Crippen molar-refractivity contribution in [3.05, 3.63) is 163 Å². The van der Waals surface area contributed by atoms with Crippen LogP contribution in [0.4, 0.5) is 26.2 Å². The largest absolute Gasteiger partial charge is 0.493 e. The molecule has 7 aliphatic rings. The first-order valence-electron chi connectivity index (χ1n) is 41.0. The molecule has 15 rings (SSSR count). The predicted molar refractivity (Wildman–Crippen MR) is 455 cm³/mol. The molecule has 4 aromatic carbocycles. The second-order valence-electron chi connectivity index (χ2n) is 32.0. The fraction of sp³-hybridized carbons (Fsp3) is 0.545. The number of ketones is 3. The summed E-state index contributed by atoms with van der Waals surface area (Å²) < 4.78 is 116. The number of carbonyl (C=O) groups is 3. The summed E-state index contributed by atoms with van der Waals surface area (Å²) in [6.45, 7) is 18.0. The summed E-state index contributed by atoms with van der Waals surface area (Å²) in [6, 6.07) is 20.5. The molecule has 4 fully saturated rings. The van der Waals surface area contributed by atoms with Gasteiger partial charge in [0.2, 0.25) is 11.5 Å². The maximum atomic E-state index is 14.2. The predicted octanol–water partition coefficient (Wildman–Crippen LogP) is 11.9. The molecule has 0 spiro atoms. The molecule has 4 saturated heterocycles. The van der Waals surface area contributed by atoms with Crippen LogP contribution in [0.2, 0.25) is 5.28 Å². The summed E-state index contributed by atoms with van der Waals surface area (Å²) in [5.74, 6) is 2.36. The lowest BCUT2D eigenvalue weighted by atomic mass is 9.68. The van der Waals surface area contributed by atoms with Crippen molar-refractivity contribution in [2.75, 3.05) is 114 Å². The molecule has 0 bridgehead atoms. The molecule has 5 aliphatic heterocycles. The Morgan fingerprint density at radius 1 is 0.675 bits per heavy atom. The minimum Gasteiger partial charge on any atom is -0.493 e. The normalized spacial score (nSPS) is 25.7. The van der Waals surface area contributed by atoms with Crippen LogP contribution in [0.25, 0.3) is 11.2 Å². The molecule has 0 radical (unpaired) electrons. The van der Waals surface area contributed by atoms with E-state index in [2.05, 4.69) is 87.2 Å². The van der Waals surface area contributed by atoms with Crippen molar-refractivity contribution in [2.24, 2.45) is 34.4 Å². The van der Waals surface area contributed by atoms with E-state index >= 15 is 0 Å². The summed E-state index contributed by atoms with van der Waals surface area (Å²) in [4.78, 5) is 76.0. The van der Waals surface area contributed by atoms with Gasteiger partial charge >= 0.3 is 11.6 Å². The zero-order valence-electron chi connectivity index (χ0n) is 73.0. The Morgan fingerprint density at radius 2 is 1.24 bits per heavy atom. The van der Waals surface area contributed by atoms with Gasteiger partial charge in [-0.15, -0.1) is 0 Å². The number of rotatable bonds is 24. The Labute approximate surface area is 719 Å². The topological polar surface area (TPSA) is 388 Å². The Balaban J connectivity index is 0.000000153. The highest BCUT2D eigenvalue weighted by atomic mass is 35.5. The fourth-order valence-corrected chi connectivity index (χ4v) is 17.0. The molecule has 9 heterocycles. The number of aromatic nitrogens is 8. The molecule has 0 amide bonds. The van der Waals surface area contributed by atoms with E-state index in [0.29, 0.717) is 115 Å². The summed E-state index contributed by atoms with van der Waals surface area (Å²) >= 11 is 5.87. The number of Topliss-reactive ketones (excluding diaryl/α,β-unsaturated/α-hetero) is 1. The molecule has 7 unspecified atom stereocenters. The number of aliphatic imine (C=N–C) groups is 1. The highest BCUT2D eigenvalue weighted by Crippen LogP contribution is 2.49. The Hall–Kier alpha value is -9.53. The molecule has 4 aromatic heterocycles. The van der Waals surface area contributed by atoms with Crippen LogP contribution in [-0.2, 0) is 76.2 Å². The molecule has 123 heavy (non-hydrogen) atoms. The standard InChI is InChI=1S/C29H33NO5.C22H30O4.C14H22N4O4.C12H16ClN5O3.C11H15F2N3O3/c1-14-10-23(34-13-15(14)2)35-22-12-29(30,18(5)31)11-21-16(3)25-26(17(4)24(21)22)28(33)20-9-7-6-8-19(20)27(25)32;1-15(11-17-7-9-19(23-3)21(13-17)25-5)16(2)12-18-8-10-20(24-4)22(14-18)26-6;1-19-6-11-9(20-2)4-12(22-11)18-8-17-13-10(21-3)5-15-7-16-14(13)18;1-19-4-7-6(20-2)3-8(21-7)18-5-15-9-10(14)16-12(13)17-11(9)18;1-3-6-8(18-2)11(12,13)9(19-6)16-5-4-7(14)15-10(16)17/h6-9,14-15,22-23H,10-13,30H2,1-5H3;7-10,13-16H,11-12H2,1-6H3;7-12H,4-6H2,1-3H3,(H,15,16);5-8H,3-4H2,1-2H3,(H2,14,16,17);4-6,8-9H,3H2,1-2H3,(H2,14,15,17)/t14-,15+,22+,23-,29-;15-,16+;9-,10+,11+,12?;;/m0.0../s1. The van der Waals surface area contributed by atoms with Gasteiger partial charge in [-0.2, -0.15) is 23.7 Å². The summed E-state index contributed by atoms with van der Waals surface area (Å²) in [6.07, 6.45) is 5.62. The van der Waals surface area contributed by atoms with Gasteiger partial charge in [-0.05, 0) is 145 Å². The number of nitrogen functional groups attached to an aromatic ring is 2. The monoisotopic (exact) mass is 1730 g/mol. The van der Waals surface area contributed by atoms with Crippen LogP contribution in [0.3, 0.4) is 0 Å². The average molecular weight is 1730 g/mol. The number of nitrogens with zero attached hydrogens (tertiary/aromatic N) is 9. The third-order valence-corrected chi connectivity index (χ3v) is 24.4. The Morgan fingerprint density at radius 3 is 1.76 bits per heavy atom. The second-order valence-corrected chi connectivity index (χ2v) is 32.3. The Kier molecular flexibility index (Phi) is 31.8. The smallest absolute Gasteiger partial charge is 0.351 e. The van der Waals surface area contributed by atoms with Crippen molar-refractivity contribution in [2.45, 2.75) is 192 Å². The highest BCUT2D eigenvalue weighted by molar-refractivity contribution is 6.30. The SMILES string of the molecule is CC(=O)[C@]1(N)Cc2c(C)c3c(c(C)c2[C@H](O[C@H]2C[C@H](C)[C@H](C)CO2)C1)C(=O)c1ccccc1C3=O.CCC1OC(n2ccc(N)nc2=O)C(F)(F)C1OC.COCC1OC(n2cnc3c(N)nc(Cl)nc32)CC1OC.COC[C@H]1OC(n2cnc3c2NC=NC[C@H]3OC)C[C@@H]1OC.COc1ccc(C[C@@H](C)[C@@H](C)Cc2ccc(OC)c(OC)c2)cc1OC. The zero-order valence-corrected chi connectivity index (χ0v) is 73.8. The van der Waals surface area contributed by atoms with Gasteiger partial charge in [0.05, 0.1) is 104 Å². The number of nitrogens with two attached hydrogens (primary N) is 3. The number of anilines is 3. The summed E-state index contributed by atoms with van der Waals surface area (Å²) in [5.41, 5.74) is 25.1. The van der Waals surface area contributed by atoms with E-state index in [0.717, 1.165) is 87.6 Å². The van der Waals surface area contributed by atoms with Gasteiger partial charge in [-0.3, -0.25) is 33.1 Å². The minimum absolute atomic E-state index is 0.000618. The number of fused-ring (bicyclic) bond motifs is 5. The van der Waals surface area contributed by atoms with Crippen LogP contribution in [0.15, 0.2) is 95.4 Å². The molecular formula is C88H116ClF2N13O19. The van der Waals surface area contributed by atoms with E-state index < -0.39 is 48.0 Å². The zero-order chi connectivity index (χ0) is 89.1. The number of benzene rings is 4. The van der Waals surface area contributed by atoms with Crippen molar-refractivity contribution >= 4 is 63.9 Å². The van der Waals surface area contributed by atoms with E-state index in [-0.39, 0.29) is 77.2 Å². The number of halogens is 3. The molecule has 35 heteroatoms. The van der Waals surface area contributed by atoms with Gasteiger partial charge in [-0.25, -0.2) is 14.8 Å². The minimum atomic E-state index is -3.32. The van der Waals surface area contributed by atoms with Gasteiger partial charge in [-0.1, -0.05) is 71.0 Å². The quantitative estimate of drug-likeness (QED) is 0.0408. The molecule has 668 valence electrons. The van der Waals surface area contributed by atoms with Crippen molar-refractivity contribution in [3.8, 4) is 23.0 Å². The number of ether oxygens (including phenoxy) is 15. The van der Waals surface area contributed by atoms with E-state index in [1.165, 1.54) is 31.2 Å². The summed E-state index contributed by atoms with van der Waals surface area (Å²) in [7, 11) is 16.2. The first-order valence-corrected chi connectivity index (χ1v) is 41.3. The third kappa shape index (κ3) is 20.5.